The van der Waals surface area contributed by atoms with Crippen molar-refractivity contribution in [2.75, 3.05) is 13.2 Å². The lowest BCUT2D eigenvalue weighted by atomic mass is 10.4. The first-order valence-corrected chi connectivity index (χ1v) is 3.61. The Hall–Kier alpha value is -0.290. The van der Waals surface area contributed by atoms with Crippen LogP contribution in [0.2, 0.25) is 0 Å². The standard InChI is InChI=1S/C7H13F3O2/c1-4-11-6(2,3)12-5-7(8,9)10/h4-5H2,1-3H3. The zero-order valence-corrected chi connectivity index (χ0v) is 7.36. The van der Waals surface area contributed by atoms with E-state index < -0.39 is 18.6 Å². The van der Waals surface area contributed by atoms with Gasteiger partial charge in [0.05, 0.1) is 0 Å². The van der Waals surface area contributed by atoms with Gasteiger partial charge in [-0.2, -0.15) is 13.2 Å². The van der Waals surface area contributed by atoms with Gasteiger partial charge in [0.15, 0.2) is 5.79 Å². The normalized spacial score (nSPS) is 13.5. The van der Waals surface area contributed by atoms with E-state index in [4.69, 9.17) is 4.74 Å². The average Bonchev–Trinajstić information content (AvgIpc) is 1.83. The second-order valence-corrected chi connectivity index (χ2v) is 2.74. The Bertz CT molecular complexity index is 131. The molecule has 0 bridgehead atoms. The number of hydrogen-bond donors (Lipinski definition) is 0. The van der Waals surface area contributed by atoms with Crippen LogP contribution in [0, 0.1) is 0 Å². The Labute approximate surface area is 69.7 Å². The molecule has 0 N–H and O–H groups in total. The second kappa shape index (κ2) is 4.09. The van der Waals surface area contributed by atoms with Gasteiger partial charge < -0.3 is 9.47 Å². The Morgan fingerprint density at radius 1 is 1.08 bits per heavy atom. The Morgan fingerprint density at radius 2 is 1.58 bits per heavy atom. The summed E-state index contributed by atoms with van der Waals surface area (Å²) in [7, 11) is 0. The minimum atomic E-state index is -4.30. The van der Waals surface area contributed by atoms with Gasteiger partial charge in [-0.1, -0.05) is 0 Å². The summed E-state index contributed by atoms with van der Waals surface area (Å²) in [4.78, 5) is 0. The molecule has 0 aliphatic heterocycles. The van der Waals surface area contributed by atoms with Crippen LogP contribution in [0.25, 0.3) is 0 Å². The molecule has 0 radical (unpaired) electrons. The van der Waals surface area contributed by atoms with Gasteiger partial charge in [0.25, 0.3) is 0 Å². The van der Waals surface area contributed by atoms with Crippen LogP contribution in [0.5, 0.6) is 0 Å². The highest BCUT2D eigenvalue weighted by molar-refractivity contribution is 4.56. The third-order valence-electron chi connectivity index (χ3n) is 1.08. The molecule has 5 heteroatoms. The monoisotopic (exact) mass is 186 g/mol. The van der Waals surface area contributed by atoms with E-state index in [1.807, 2.05) is 0 Å². The molecule has 0 heterocycles. The number of ether oxygens (including phenoxy) is 2. The number of alkyl halides is 3. The van der Waals surface area contributed by atoms with Crippen molar-refractivity contribution < 1.29 is 22.6 Å². The molecule has 0 spiro atoms. The topological polar surface area (TPSA) is 18.5 Å². The average molecular weight is 186 g/mol. The molecule has 0 aliphatic carbocycles. The minimum Gasteiger partial charge on any atom is -0.351 e. The lowest BCUT2D eigenvalue weighted by Gasteiger charge is -2.25. The first-order valence-electron chi connectivity index (χ1n) is 3.61. The quantitative estimate of drug-likeness (QED) is 0.627. The van der Waals surface area contributed by atoms with Crippen molar-refractivity contribution in [3.05, 3.63) is 0 Å². The molecule has 0 rings (SSSR count). The van der Waals surface area contributed by atoms with E-state index in [1.165, 1.54) is 13.8 Å². The molecule has 0 aromatic carbocycles. The maximum Gasteiger partial charge on any atom is 0.411 e. The number of halogens is 3. The highest BCUT2D eigenvalue weighted by Gasteiger charge is 2.31. The fourth-order valence-electron chi connectivity index (χ4n) is 0.645. The number of hydrogen-bond acceptors (Lipinski definition) is 2. The third kappa shape index (κ3) is 6.42. The molecule has 0 fully saturated rings. The van der Waals surface area contributed by atoms with E-state index in [-0.39, 0.29) is 0 Å². The second-order valence-electron chi connectivity index (χ2n) is 2.74. The molecule has 0 atom stereocenters. The van der Waals surface area contributed by atoms with Crippen LogP contribution in [0.15, 0.2) is 0 Å². The van der Waals surface area contributed by atoms with Crippen LogP contribution in [0.3, 0.4) is 0 Å². The maximum absolute atomic E-state index is 11.6. The summed E-state index contributed by atoms with van der Waals surface area (Å²) in [5.41, 5.74) is 0. The van der Waals surface area contributed by atoms with Crippen molar-refractivity contribution in [2.45, 2.75) is 32.7 Å². The number of rotatable bonds is 4. The Morgan fingerprint density at radius 3 is 1.92 bits per heavy atom. The summed E-state index contributed by atoms with van der Waals surface area (Å²) in [5, 5.41) is 0. The molecule has 0 aliphatic rings. The van der Waals surface area contributed by atoms with Crippen molar-refractivity contribution in [1.82, 2.24) is 0 Å². The molecular weight excluding hydrogens is 173 g/mol. The lowest BCUT2D eigenvalue weighted by molar-refractivity contribution is -0.267. The summed E-state index contributed by atoms with van der Waals surface area (Å²) >= 11 is 0. The van der Waals surface area contributed by atoms with Crippen molar-refractivity contribution in [3.63, 3.8) is 0 Å². The minimum absolute atomic E-state index is 0.324. The van der Waals surface area contributed by atoms with E-state index in [2.05, 4.69) is 4.74 Å². The van der Waals surface area contributed by atoms with Gasteiger partial charge in [0.1, 0.15) is 6.61 Å². The van der Waals surface area contributed by atoms with Crippen LogP contribution in [0.4, 0.5) is 13.2 Å². The summed E-state index contributed by atoms with van der Waals surface area (Å²) in [5.74, 6) is -1.16. The maximum atomic E-state index is 11.6. The smallest absolute Gasteiger partial charge is 0.351 e. The molecule has 0 saturated heterocycles. The molecular formula is C7H13F3O2. The third-order valence-corrected chi connectivity index (χ3v) is 1.08. The van der Waals surface area contributed by atoms with Crippen molar-refractivity contribution >= 4 is 0 Å². The lowest BCUT2D eigenvalue weighted by Crippen LogP contribution is -2.33. The van der Waals surface area contributed by atoms with Crippen molar-refractivity contribution in [3.8, 4) is 0 Å². The van der Waals surface area contributed by atoms with Crippen molar-refractivity contribution in [1.29, 1.82) is 0 Å². The molecule has 0 aromatic heterocycles. The molecule has 74 valence electrons. The fourth-order valence-corrected chi connectivity index (χ4v) is 0.645. The van der Waals surface area contributed by atoms with E-state index in [9.17, 15) is 13.2 Å². The van der Waals surface area contributed by atoms with Gasteiger partial charge in [0, 0.05) is 6.61 Å². The molecule has 0 saturated carbocycles. The largest absolute Gasteiger partial charge is 0.411 e. The predicted molar refractivity (Wildman–Crippen MR) is 37.7 cm³/mol. The Kier molecular flexibility index (Phi) is 3.99. The molecule has 0 amide bonds. The highest BCUT2D eigenvalue weighted by Crippen LogP contribution is 2.19. The van der Waals surface area contributed by atoms with Crippen molar-refractivity contribution in [2.24, 2.45) is 0 Å². The molecule has 2 nitrogen and oxygen atoms in total. The zero-order chi connectivity index (χ0) is 9.83. The van der Waals surface area contributed by atoms with E-state index in [0.29, 0.717) is 6.61 Å². The zero-order valence-electron chi connectivity index (χ0n) is 7.36. The van der Waals surface area contributed by atoms with Crippen LogP contribution in [-0.4, -0.2) is 25.2 Å². The van der Waals surface area contributed by atoms with E-state index in [0.717, 1.165) is 0 Å². The first-order chi connectivity index (χ1) is 5.27. The van der Waals surface area contributed by atoms with Gasteiger partial charge in [-0.05, 0) is 20.8 Å². The summed E-state index contributed by atoms with van der Waals surface area (Å²) in [6, 6.07) is 0. The van der Waals surface area contributed by atoms with E-state index in [1.54, 1.807) is 6.92 Å². The SMILES string of the molecule is CCOC(C)(C)OCC(F)(F)F. The predicted octanol–water partition coefficient (Wildman–Crippen LogP) is 2.34. The molecule has 0 aromatic rings. The van der Waals surface area contributed by atoms with Crippen LogP contribution < -0.4 is 0 Å². The van der Waals surface area contributed by atoms with Gasteiger partial charge in [-0.3, -0.25) is 0 Å². The van der Waals surface area contributed by atoms with Gasteiger partial charge in [-0.15, -0.1) is 0 Å². The summed E-state index contributed by atoms with van der Waals surface area (Å²) in [6.07, 6.45) is -4.30. The van der Waals surface area contributed by atoms with Gasteiger partial charge >= 0.3 is 6.18 Å². The summed E-state index contributed by atoms with van der Waals surface area (Å²) < 4.78 is 44.3. The molecule has 12 heavy (non-hydrogen) atoms. The van der Waals surface area contributed by atoms with Crippen LogP contribution in [-0.2, 0) is 9.47 Å². The van der Waals surface area contributed by atoms with Crippen LogP contribution in [0.1, 0.15) is 20.8 Å². The van der Waals surface area contributed by atoms with Crippen LogP contribution >= 0.6 is 0 Å². The fraction of sp³-hybridized carbons (Fsp3) is 1.00. The Balaban J connectivity index is 3.75. The summed E-state index contributed by atoms with van der Waals surface area (Å²) in [6.45, 7) is 3.63. The van der Waals surface area contributed by atoms with Gasteiger partial charge in [-0.25, -0.2) is 0 Å². The first kappa shape index (κ1) is 11.7. The highest BCUT2D eigenvalue weighted by atomic mass is 19.4. The van der Waals surface area contributed by atoms with E-state index >= 15 is 0 Å². The molecule has 0 unspecified atom stereocenters. The van der Waals surface area contributed by atoms with Gasteiger partial charge in [0.2, 0.25) is 0 Å².